The molecule has 2 rings (SSSR count). The van der Waals surface area contributed by atoms with Gasteiger partial charge in [0.15, 0.2) is 6.61 Å². The van der Waals surface area contributed by atoms with E-state index in [4.69, 9.17) is 4.74 Å². The quantitative estimate of drug-likeness (QED) is 0.560. The van der Waals surface area contributed by atoms with E-state index in [1.54, 1.807) is 38.1 Å². The molecule has 10 heteroatoms. The lowest BCUT2D eigenvalue weighted by molar-refractivity contribution is -0.123. The van der Waals surface area contributed by atoms with Crippen LogP contribution in [0.2, 0.25) is 0 Å². The maximum absolute atomic E-state index is 12.6. The van der Waals surface area contributed by atoms with Gasteiger partial charge in [-0.05, 0) is 42.5 Å². The smallest absolute Gasteiger partial charge is 0.276 e. The maximum atomic E-state index is 12.6. The summed E-state index contributed by atoms with van der Waals surface area (Å²) >= 11 is 3.30. The molecule has 0 aliphatic carbocycles. The second-order valence-electron chi connectivity index (χ2n) is 5.86. The topological polar surface area (TPSA) is 105 Å². The summed E-state index contributed by atoms with van der Waals surface area (Å²) in [5.74, 6) is -0.698. The highest BCUT2D eigenvalue weighted by Gasteiger charge is 2.22. The first-order valence-corrected chi connectivity index (χ1v) is 11.1. The lowest BCUT2D eigenvalue weighted by atomic mass is 10.2. The lowest BCUT2D eigenvalue weighted by Gasteiger charge is -2.18. The Bertz CT molecular complexity index is 960. The molecule has 2 amide bonds. The number of halogens is 1. The van der Waals surface area contributed by atoms with E-state index in [9.17, 15) is 18.0 Å². The monoisotopic (exact) mass is 483 g/mol. The van der Waals surface area contributed by atoms with Gasteiger partial charge < -0.3 is 4.74 Å². The van der Waals surface area contributed by atoms with Gasteiger partial charge in [-0.25, -0.2) is 8.42 Å². The maximum Gasteiger partial charge on any atom is 0.276 e. The lowest BCUT2D eigenvalue weighted by Crippen LogP contribution is -2.43. The van der Waals surface area contributed by atoms with E-state index >= 15 is 0 Å². The molecule has 8 nitrogen and oxygen atoms in total. The van der Waals surface area contributed by atoms with Crippen molar-refractivity contribution in [3.05, 3.63) is 58.6 Å². The number of hydrazine groups is 1. The second kappa shape index (κ2) is 10.4. The number of carbonyl (C=O) groups excluding carboxylic acids is 2. The van der Waals surface area contributed by atoms with Gasteiger partial charge in [0.05, 0.1) is 4.90 Å². The van der Waals surface area contributed by atoms with Crippen LogP contribution in [-0.2, 0) is 14.8 Å². The van der Waals surface area contributed by atoms with Gasteiger partial charge in [-0.3, -0.25) is 20.4 Å². The molecule has 0 unspecified atom stereocenters. The summed E-state index contributed by atoms with van der Waals surface area (Å²) in [6, 6.07) is 12.6. The van der Waals surface area contributed by atoms with Crippen LogP contribution in [0.3, 0.4) is 0 Å². The molecule has 0 atom stereocenters. The normalized spacial score (nSPS) is 11.2. The Morgan fingerprint density at radius 1 is 1.03 bits per heavy atom. The number of carbonyl (C=O) groups is 2. The number of hydrogen-bond donors (Lipinski definition) is 2. The number of sulfonamides is 1. The zero-order valence-electron chi connectivity index (χ0n) is 16.0. The molecular formula is C19H22BrN3O5S. The highest BCUT2D eigenvalue weighted by atomic mass is 79.9. The number of ether oxygens (including phenoxy) is 1. The Morgan fingerprint density at radius 2 is 1.69 bits per heavy atom. The third kappa shape index (κ3) is 6.28. The van der Waals surface area contributed by atoms with Crippen LogP contribution < -0.4 is 15.6 Å². The molecule has 2 aromatic carbocycles. The van der Waals surface area contributed by atoms with Gasteiger partial charge in [-0.2, -0.15) is 4.31 Å². The van der Waals surface area contributed by atoms with Gasteiger partial charge in [-0.1, -0.05) is 35.8 Å². The highest BCUT2D eigenvalue weighted by Crippen LogP contribution is 2.17. The van der Waals surface area contributed by atoms with Crippen molar-refractivity contribution in [3.8, 4) is 5.75 Å². The predicted molar refractivity (Wildman–Crippen MR) is 112 cm³/mol. The standard InChI is InChI=1S/C19H22BrN3O5S/c1-3-23(4-2)29(26,27)17-7-5-6-14(12-17)19(25)22-21-18(24)13-28-16-10-8-15(20)9-11-16/h5-12H,3-4,13H2,1-2H3,(H,21,24)(H,22,25). The second-order valence-corrected chi connectivity index (χ2v) is 8.72. The average molecular weight is 484 g/mol. The first-order chi connectivity index (χ1) is 13.8. The largest absolute Gasteiger partial charge is 0.484 e. The minimum Gasteiger partial charge on any atom is -0.484 e. The molecule has 0 fully saturated rings. The summed E-state index contributed by atoms with van der Waals surface area (Å²) < 4.78 is 32.6. The Hall–Kier alpha value is -2.43. The van der Waals surface area contributed by atoms with Crippen molar-refractivity contribution in [2.75, 3.05) is 19.7 Å². The van der Waals surface area contributed by atoms with Crippen molar-refractivity contribution in [1.82, 2.24) is 15.2 Å². The molecule has 0 heterocycles. The fourth-order valence-electron chi connectivity index (χ4n) is 2.42. The summed E-state index contributed by atoms with van der Waals surface area (Å²) in [6.45, 7) is 3.83. The van der Waals surface area contributed by atoms with Crippen LogP contribution in [0.4, 0.5) is 0 Å². The summed E-state index contributed by atoms with van der Waals surface area (Å²) in [5, 5.41) is 0. The summed E-state index contributed by atoms with van der Waals surface area (Å²) in [7, 11) is -3.69. The zero-order chi connectivity index (χ0) is 21.4. The van der Waals surface area contributed by atoms with Crippen LogP contribution >= 0.6 is 15.9 Å². The Labute approximate surface area is 178 Å². The molecule has 0 radical (unpaired) electrons. The van der Waals surface area contributed by atoms with Gasteiger partial charge in [-0.15, -0.1) is 0 Å². The summed E-state index contributed by atoms with van der Waals surface area (Å²) in [4.78, 5) is 24.1. The Morgan fingerprint density at radius 3 is 2.31 bits per heavy atom. The molecule has 29 heavy (non-hydrogen) atoms. The molecule has 0 aliphatic heterocycles. The van der Waals surface area contributed by atoms with E-state index in [1.165, 1.54) is 28.6 Å². The third-order valence-electron chi connectivity index (χ3n) is 3.94. The van der Waals surface area contributed by atoms with Crippen LogP contribution in [0, 0.1) is 0 Å². The number of nitrogens with zero attached hydrogens (tertiary/aromatic N) is 1. The van der Waals surface area contributed by atoms with Crippen molar-refractivity contribution in [2.45, 2.75) is 18.7 Å². The van der Waals surface area contributed by atoms with E-state index in [1.807, 2.05) is 0 Å². The first-order valence-electron chi connectivity index (χ1n) is 8.85. The van der Waals surface area contributed by atoms with Gasteiger partial charge in [0.25, 0.3) is 11.8 Å². The Kier molecular flexibility index (Phi) is 8.18. The molecule has 0 spiro atoms. The van der Waals surface area contributed by atoms with Crippen LogP contribution in [0.1, 0.15) is 24.2 Å². The fourth-order valence-corrected chi connectivity index (χ4v) is 4.19. The molecule has 0 bridgehead atoms. The molecule has 156 valence electrons. The van der Waals surface area contributed by atoms with Crippen molar-refractivity contribution >= 4 is 37.8 Å². The molecule has 0 aliphatic rings. The highest BCUT2D eigenvalue weighted by molar-refractivity contribution is 9.10. The third-order valence-corrected chi connectivity index (χ3v) is 6.51. The summed E-state index contributed by atoms with van der Waals surface area (Å²) in [6.07, 6.45) is 0. The molecule has 0 saturated carbocycles. The van der Waals surface area contributed by atoms with Crippen molar-refractivity contribution in [1.29, 1.82) is 0 Å². The van der Waals surface area contributed by atoms with Crippen molar-refractivity contribution in [3.63, 3.8) is 0 Å². The van der Waals surface area contributed by atoms with Gasteiger partial charge >= 0.3 is 0 Å². The van der Waals surface area contributed by atoms with E-state index in [-0.39, 0.29) is 17.1 Å². The van der Waals surface area contributed by atoms with Gasteiger partial charge in [0.2, 0.25) is 10.0 Å². The molecule has 2 aromatic rings. The number of nitrogens with one attached hydrogen (secondary N) is 2. The number of benzene rings is 2. The van der Waals surface area contributed by atoms with E-state index < -0.39 is 21.8 Å². The van der Waals surface area contributed by atoms with Gasteiger partial charge in [0, 0.05) is 23.1 Å². The number of amides is 2. The van der Waals surface area contributed by atoms with Crippen LogP contribution in [0.15, 0.2) is 57.9 Å². The fraction of sp³-hybridized carbons (Fsp3) is 0.263. The minimum atomic E-state index is -3.69. The SMILES string of the molecule is CCN(CC)S(=O)(=O)c1cccc(C(=O)NNC(=O)COc2ccc(Br)cc2)c1. The summed E-state index contributed by atoms with van der Waals surface area (Å²) in [5.41, 5.74) is 4.58. The van der Waals surface area contributed by atoms with E-state index in [0.717, 1.165) is 4.47 Å². The Balaban J connectivity index is 1.95. The van der Waals surface area contributed by atoms with Crippen LogP contribution in [-0.4, -0.2) is 44.2 Å². The predicted octanol–water partition coefficient (Wildman–Crippen LogP) is 2.32. The van der Waals surface area contributed by atoms with E-state index in [2.05, 4.69) is 26.8 Å². The van der Waals surface area contributed by atoms with Crippen LogP contribution in [0.25, 0.3) is 0 Å². The number of rotatable bonds is 8. The van der Waals surface area contributed by atoms with Gasteiger partial charge in [0.1, 0.15) is 5.75 Å². The van der Waals surface area contributed by atoms with E-state index in [0.29, 0.717) is 18.8 Å². The van der Waals surface area contributed by atoms with Crippen LogP contribution in [0.5, 0.6) is 5.75 Å². The van der Waals surface area contributed by atoms with Crippen molar-refractivity contribution in [2.24, 2.45) is 0 Å². The molecular weight excluding hydrogens is 462 g/mol. The first kappa shape index (κ1) is 22.9. The minimum absolute atomic E-state index is 0.0127. The molecule has 0 aromatic heterocycles. The zero-order valence-corrected chi connectivity index (χ0v) is 18.4. The number of hydrogen-bond acceptors (Lipinski definition) is 5. The average Bonchev–Trinajstić information content (AvgIpc) is 2.72. The van der Waals surface area contributed by atoms with Crippen molar-refractivity contribution < 1.29 is 22.7 Å². The molecule has 0 saturated heterocycles. The molecule has 2 N–H and O–H groups in total.